The molecular formula is C22H24N4O3. The molecule has 150 valence electrons. The third-order valence-electron chi connectivity index (χ3n) is 4.16. The molecule has 1 aromatic heterocycles. The van der Waals surface area contributed by atoms with Gasteiger partial charge in [-0.15, -0.1) is 0 Å². The Hall–Kier alpha value is -3.61. The van der Waals surface area contributed by atoms with Crippen molar-refractivity contribution in [2.24, 2.45) is 0 Å². The van der Waals surface area contributed by atoms with Crippen molar-refractivity contribution in [3.05, 3.63) is 72.3 Å². The smallest absolute Gasteiger partial charge is 0.244 e. The fourth-order valence-corrected chi connectivity index (χ4v) is 2.65. The molecule has 0 saturated heterocycles. The molecule has 2 aromatic carbocycles. The van der Waals surface area contributed by atoms with Crippen molar-refractivity contribution in [3.63, 3.8) is 0 Å². The molecule has 29 heavy (non-hydrogen) atoms. The Bertz CT molecular complexity index is 951. The van der Waals surface area contributed by atoms with Crippen molar-refractivity contribution in [3.8, 4) is 17.2 Å². The van der Waals surface area contributed by atoms with Crippen LogP contribution in [0.1, 0.15) is 24.5 Å². The van der Waals surface area contributed by atoms with Crippen LogP contribution in [0.4, 0.5) is 0 Å². The monoisotopic (exact) mass is 392 g/mol. The van der Waals surface area contributed by atoms with E-state index in [0.29, 0.717) is 24.7 Å². The van der Waals surface area contributed by atoms with Gasteiger partial charge in [0.2, 0.25) is 5.91 Å². The van der Waals surface area contributed by atoms with E-state index in [-0.39, 0.29) is 5.91 Å². The number of nitrogens with one attached hydrogen (secondary N) is 1. The summed E-state index contributed by atoms with van der Waals surface area (Å²) in [5.74, 6) is 1.18. The van der Waals surface area contributed by atoms with Crippen molar-refractivity contribution in [1.82, 2.24) is 20.1 Å². The maximum Gasteiger partial charge on any atom is 0.244 e. The first-order valence-electron chi connectivity index (χ1n) is 9.40. The van der Waals surface area contributed by atoms with Crippen LogP contribution >= 0.6 is 0 Å². The number of ether oxygens (including phenoxy) is 2. The van der Waals surface area contributed by atoms with E-state index in [1.807, 2.05) is 49.4 Å². The minimum atomic E-state index is -0.171. The zero-order valence-electron chi connectivity index (χ0n) is 16.5. The maximum atomic E-state index is 12.1. The number of aromatic nitrogens is 3. The van der Waals surface area contributed by atoms with Crippen molar-refractivity contribution < 1.29 is 14.3 Å². The number of amides is 1. The maximum absolute atomic E-state index is 12.1. The van der Waals surface area contributed by atoms with E-state index >= 15 is 0 Å². The number of methoxy groups -OCH3 is 1. The average molecular weight is 392 g/mol. The highest BCUT2D eigenvalue weighted by Gasteiger charge is 2.05. The normalized spacial score (nSPS) is 10.8. The van der Waals surface area contributed by atoms with Gasteiger partial charge in [0.1, 0.15) is 12.7 Å². The summed E-state index contributed by atoms with van der Waals surface area (Å²) < 4.78 is 12.7. The van der Waals surface area contributed by atoms with Gasteiger partial charge < -0.3 is 14.8 Å². The first kappa shape index (κ1) is 20.1. The first-order valence-corrected chi connectivity index (χ1v) is 9.40. The topological polar surface area (TPSA) is 78.3 Å². The lowest BCUT2D eigenvalue weighted by Crippen LogP contribution is -2.20. The fourth-order valence-electron chi connectivity index (χ4n) is 2.65. The van der Waals surface area contributed by atoms with Crippen LogP contribution in [0, 0.1) is 0 Å². The Morgan fingerprint density at radius 2 is 2.00 bits per heavy atom. The Balaban J connectivity index is 1.54. The van der Waals surface area contributed by atoms with Crippen molar-refractivity contribution in [2.75, 3.05) is 13.7 Å². The van der Waals surface area contributed by atoms with Gasteiger partial charge in [-0.2, -0.15) is 5.10 Å². The summed E-state index contributed by atoms with van der Waals surface area (Å²) in [4.78, 5) is 16.1. The minimum Gasteiger partial charge on any atom is -0.493 e. The Morgan fingerprint density at radius 3 is 2.69 bits per heavy atom. The van der Waals surface area contributed by atoms with Gasteiger partial charge in [-0.25, -0.2) is 9.67 Å². The molecule has 1 N–H and O–H groups in total. The third-order valence-corrected chi connectivity index (χ3v) is 4.16. The summed E-state index contributed by atoms with van der Waals surface area (Å²) >= 11 is 0. The van der Waals surface area contributed by atoms with Crippen LogP contribution in [-0.4, -0.2) is 34.4 Å². The number of carbonyl (C=O) groups is 1. The van der Waals surface area contributed by atoms with E-state index in [1.165, 1.54) is 12.4 Å². The highest BCUT2D eigenvalue weighted by Crippen LogP contribution is 2.28. The second kappa shape index (κ2) is 10.1. The Morgan fingerprint density at radius 1 is 1.17 bits per heavy atom. The molecule has 7 heteroatoms. The zero-order valence-corrected chi connectivity index (χ0v) is 16.5. The Labute approximate surface area is 170 Å². The van der Waals surface area contributed by atoms with Gasteiger partial charge in [-0.1, -0.05) is 25.1 Å². The number of carbonyl (C=O) groups excluding carboxylic acids is 1. The molecule has 3 rings (SSSR count). The molecule has 7 nitrogen and oxygen atoms in total. The zero-order chi connectivity index (χ0) is 20.5. The quantitative estimate of drug-likeness (QED) is 0.565. The summed E-state index contributed by atoms with van der Waals surface area (Å²) in [5, 5.41) is 6.96. The molecule has 0 atom stereocenters. The molecule has 0 aliphatic rings. The fraction of sp³-hybridized carbons (Fsp3) is 0.227. The van der Waals surface area contributed by atoms with Crippen LogP contribution in [-0.2, 0) is 11.3 Å². The van der Waals surface area contributed by atoms with Gasteiger partial charge in [-0.3, -0.25) is 4.79 Å². The minimum absolute atomic E-state index is 0.171. The van der Waals surface area contributed by atoms with Crippen LogP contribution in [0.3, 0.4) is 0 Å². The molecule has 0 aliphatic heterocycles. The lowest BCUT2D eigenvalue weighted by atomic mass is 10.2. The second-order valence-corrected chi connectivity index (χ2v) is 6.32. The van der Waals surface area contributed by atoms with E-state index in [0.717, 1.165) is 23.2 Å². The lowest BCUT2D eigenvalue weighted by Gasteiger charge is -2.10. The Kier molecular flexibility index (Phi) is 7.00. The molecule has 0 unspecified atom stereocenters. The van der Waals surface area contributed by atoms with Crippen LogP contribution in [0.15, 0.2) is 61.2 Å². The van der Waals surface area contributed by atoms with Crippen LogP contribution in [0.2, 0.25) is 0 Å². The summed E-state index contributed by atoms with van der Waals surface area (Å²) in [7, 11) is 1.60. The molecule has 0 saturated carbocycles. The number of rotatable bonds is 9. The van der Waals surface area contributed by atoms with Gasteiger partial charge in [0.25, 0.3) is 0 Å². The number of hydrogen-bond donors (Lipinski definition) is 1. The van der Waals surface area contributed by atoms with E-state index in [9.17, 15) is 4.79 Å². The standard InChI is InChI=1S/C22H24N4O3/c1-3-12-29-20-10-6-17(13-21(20)28-2)7-11-22(27)24-14-18-4-8-19(9-5-18)26-16-23-15-25-26/h4-11,13,15-16H,3,12,14H2,1-2H3,(H,24,27)/b11-7+. The van der Waals surface area contributed by atoms with Gasteiger partial charge in [0.15, 0.2) is 11.5 Å². The molecule has 3 aromatic rings. The molecule has 1 heterocycles. The highest BCUT2D eigenvalue weighted by atomic mass is 16.5. The first-order chi connectivity index (χ1) is 14.2. The SMILES string of the molecule is CCCOc1ccc(/C=C/C(=O)NCc2ccc(-n3cncn3)cc2)cc1OC. The molecule has 0 fully saturated rings. The van der Waals surface area contributed by atoms with Crippen molar-refractivity contribution in [2.45, 2.75) is 19.9 Å². The predicted octanol–water partition coefficient (Wildman–Crippen LogP) is 3.39. The number of benzene rings is 2. The van der Waals surface area contributed by atoms with Gasteiger partial charge >= 0.3 is 0 Å². The van der Waals surface area contributed by atoms with E-state index < -0.39 is 0 Å². The van der Waals surface area contributed by atoms with E-state index in [1.54, 1.807) is 24.2 Å². The van der Waals surface area contributed by atoms with Crippen LogP contribution in [0.25, 0.3) is 11.8 Å². The van der Waals surface area contributed by atoms with Crippen LogP contribution < -0.4 is 14.8 Å². The largest absolute Gasteiger partial charge is 0.493 e. The van der Waals surface area contributed by atoms with Crippen LogP contribution in [0.5, 0.6) is 11.5 Å². The summed E-state index contributed by atoms with van der Waals surface area (Å²) in [6.07, 6.45) is 7.30. The molecule has 0 radical (unpaired) electrons. The third kappa shape index (κ3) is 5.68. The van der Waals surface area contributed by atoms with E-state index in [2.05, 4.69) is 15.4 Å². The summed E-state index contributed by atoms with van der Waals surface area (Å²) in [5.41, 5.74) is 2.77. The second-order valence-electron chi connectivity index (χ2n) is 6.32. The predicted molar refractivity (Wildman–Crippen MR) is 111 cm³/mol. The average Bonchev–Trinajstić information content (AvgIpc) is 3.30. The molecule has 0 aliphatic carbocycles. The highest BCUT2D eigenvalue weighted by molar-refractivity contribution is 5.91. The summed E-state index contributed by atoms with van der Waals surface area (Å²) in [6.45, 7) is 3.12. The van der Waals surface area contributed by atoms with Gasteiger partial charge in [0.05, 0.1) is 19.4 Å². The lowest BCUT2D eigenvalue weighted by molar-refractivity contribution is -0.116. The molecular weight excluding hydrogens is 368 g/mol. The van der Waals surface area contributed by atoms with Crippen molar-refractivity contribution >= 4 is 12.0 Å². The molecule has 1 amide bonds. The number of nitrogens with zero attached hydrogens (tertiary/aromatic N) is 3. The molecule has 0 spiro atoms. The van der Waals surface area contributed by atoms with Crippen molar-refractivity contribution in [1.29, 1.82) is 0 Å². The van der Waals surface area contributed by atoms with E-state index in [4.69, 9.17) is 9.47 Å². The molecule has 0 bridgehead atoms. The number of hydrogen-bond acceptors (Lipinski definition) is 5. The van der Waals surface area contributed by atoms with Gasteiger partial charge in [0, 0.05) is 12.6 Å². The summed E-state index contributed by atoms with van der Waals surface area (Å²) in [6, 6.07) is 13.3. The van der Waals surface area contributed by atoms with Gasteiger partial charge in [-0.05, 0) is 47.9 Å².